The number of hydrogen-bond donors (Lipinski definition) is 0. The van der Waals surface area contributed by atoms with E-state index in [1.807, 2.05) is 5.38 Å². The molecule has 1 saturated heterocycles. The Bertz CT molecular complexity index is 734. The Labute approximate surface area is 136 Å². The summed E-state index contributed by atoms with van der Waals surface area (Å²) in [6.45, 7) is 5.18. The number of thiazole rings is 1. The Morgan fingerprint density at radius 3 is 2.82 bits per heavy atom. The van der Waals surface area contributed by atoms with Gasteiger partial charge in [-0.05, 0) is 6.92 Å². The highest BCUT2D eigenvalue weighted by atomic mass is 35.5. The minimum Gasteiger partial charge on any atom is -0.339 e. The third-order valence-electron chi connectivity index (χ3n) is 3.77. The molecule has 3 heterocycles. The number of rotatable bonds is 3. The van der Waals surface area contributed by atoms with E-state index in [9.17, 15) is 9.59 Å². The number of alkyl halides is 1. The molecule has 0 saturated carbocycles. The van der Waals surface area contributed by atoms with Crippen molar-refractivity contribution in [3.05, 3.63) is 33.7 Å². The lowest BCUT2D eigenvalue weighted by atomic mass is 10.2. The largest absolute Gasteiger partial charge is 0.339 e. The lowest BCUT2D eigenvalue weighted by Gasteiger charge is -2.35. The number of piperazine rings is 1. The standard InChI is InChI=1S/C14H17ClN4O2S/c1-10(15)13(21)18-4-2-17(3-5-18)9-11-8-12(20)19-6-7-22-14(19)16-11/h6-8,10H,2-5,9H2,1H3. The summed E-state index contributed by atoms with van der Waals surface area (Å²) >= 11 is 7.29. The molecule has 0 aliphatic carbocycles. The number of halogens is 1. The number of fused-ring (bicyclic) bond motifs is 1. The minimum absolute atomic E-state index is 0.0160. The van der Waals surface area contributed by atoms with Crippen LogP contribution in [0.3, 0.4) is 0 Å². The second-order valence-electron chi connectivity index (χ2n) is 5.36. The molecule has 0 radical (unpaired) electrons. The van der Waals surface area contributed by atoms with Crippen LogP contribution in [-0.2, 0) is 11.3 Å². The molecule has 118 valence electrons. The molecule has 1 fully saturated rings. The number of amides is 1. The zero-order valence-corrected chi connectivity index (χ0v) is 13.8. The van der Waals surface area contributed by atoms with Gasteiger partial charge >= 0.3 is 0 Å². The van der Waals surface area contributed by atoms with Crippen molar-refractivity contribution < 1.29 is 4.79 Å². The maximum Gasteiger partial charge on any atom is 0.258 e. The second kappa shape index (κ2) is 6.36. The molecule has 1 aliphatic rings. The predicted molar refractivity (Wildman–Crippen MR) is 86.5 cm³/mol. The van der Waals surface area contributed by atoms with Gasteiger partial charge in [-0.25, -0.2) is 4.98 Å². The van der Waals surface area contributed by atoms with Crippen molar-refractivity contribution in [3.63, 3.8) is 0 Å². The fraction of sp³-hybridized carbons (Fsp3) is 0.500. The molecule has 1 aliphatic heterocycles. The summed E-state index contributed by atoms with van der Waals surface area (Å²) in [5.74, 6) is -0.0160. The van der Waals surface area contributed by atoms with Crippen LogP contribution in [0.25, 0.3) is 4.96 Å². The van der Waals surface area contributed by atoms with Crippen molar-refractivity contribution >= 4 is 33.8 Å². The minimum atomic E-state index is -0.477. The van der Waals surface area contributed by atoms with Gasteiger partial charge in [0.2, 0.25) is 5.91 Å². The van der Waals surface area contributed by atoms with Crippen molar-refractivity contribution in [3.8, 4) is 0 Å². The van der Waals surface area contributed by atoms with Crippen molar-refractivity contribution in [2.24, 2.45) is 0 Å². The lowest BCUT2D eigenvalue weighted by molar-refractivity contribution is -0.132. The fourth-order valence-corrected chi connectivity index (χ4v) is 3.45. The van der Waals surface area contributed by atoms with E-state index in [0.29, 0.717) is 24.6 Å². The van der Waals surface area contributed by atoms with E-state index in [1.54, 1.807) is 28.5 Å². The number of nitrogens with zero attached hydrogens (tertiary/aromatic N) is 4. The van der Waals surface area contributed by atoms with Crippen molar-refractivity contribution in [1.29, 1.82) is 0 Å². The van der Waals surface area contributed by atoms with E-state index in [-0.39, 0.29) is 11.5 Å². The average molecular weight is 341 g/mol. The highest BCUT2D eigenvalue weighted by Gasteiger charge is 2.24. The van der Waals surface area contributed by atoms with Crippen molar-refractivity contribution in [1.82, 2.24) is 19.2 Å². The van der Waals surface area contributed by atoms with E-state index >= 15 is 0 Å². The van der Waals surface area contributed by atoms with Crippen LogP contribution in [0.2, 0.25) is 0 Å². The Morgan fingerprint density at radius 1 is 1.41 bits per heavy atom. The molecule has 0 N–H and O–H groups in total. The second-order valence-corrected chi connectivity index (χ2v) is 6.89. The van der Waals surface area contributed by atoms with Crippen molar-refractivity contribution in [2.45, 2.75) is 18.8 Å². The molecule has 8 heteroatoms. The fourth-order valence-electron chi connectivity index (χ4n) is 2.58. The van der Waals surface area contributed by atoms with Crippen LogP contribution in [0.1, 0.15) is 12.6 Å². The Morgan fingerprint density at radius 2 is 2.14 bits per heavy atom. The zero-order valence-electron chi connectivity index (χ0n) is 12.2. The smallest absolute Gasteiger partial charge is 0.258 e. The van der Waals surface area contributed by atoms with Gasteiger partial charge in [-0.15, -0.1) is 22.9 Å². The number of aromatic nitrogens is 2. The monoisotopic (exact) mass is 340 g/mol. The maximum atomic E-state index is 12.0. The van der Waals surface area contributed by atoms with Gasteiger partial charge in [0.1, 0.15) is 5.38 Å². The first-order valence-corrected chi connectivity index (χ1v) is 8.47. The summed E-state index contributed by atoms with van der Waals surface area (Å²) in [6.07, 6.45) is 1.73. The van der Waals surface area contributed by atoms with Gasteiger partial charge in [0.25, 0.3) is 5.56 Å². The van der Waals surface area contributed by atoms with Gasteiger partial charge < -0.3 is 4.90 Å². The van der Waals surface area contributed by atoms with Gasteiger partial charge in [-0.1, -0.05) is 0 Å². The van der Waals surface area contributed by atoms with Gasteiger partial charge in [-0.3, -0.25) is 18.9 Å². The third kappa shape index (κ3) is 3.16. The van der Waals surface area contributed by atoms with Crippen LogP contribution in [0, 0.1) is 0 Å². The summed E-state index contributed by atoms with van der Waals surface area (Å²) in [5.41, 5.74) is 0.726. The first-order chi connectivity index (χ1) is 10.5. The summed E-state index contributed by atoms with van der Waals surface area (Å²) in [6, 6.07) is 1.58. The molecule has 3 rings (SSSR count). The first-order valence-electron chi connectivity index (χ1n) is 7.15. The predicted octanol–water partition coefficient (Wildman–Crippen LogP) is 1.03. The average Bonchev–Trinajstić information content (AvgIpc) is 2.96. The topological polar surface area (TPSA) is 57.9 Å². The zero-order chi connectivity index (χ0) is 15.7. The van der Waals surface area contributed by atoms with Crippen molar-refractivity contribution in [2.75, 3.05) is 26.2 Å². The summed E-state index contributed by atoms with van der Waals surface area (Å²) in [7, 11) is 0. The number of carbonyl (C=O) groups excluding carboxylic acids is 1. The molecule has 22 heavy (non-hydrogen) atoms. The van der Waals surface area contributed by atoms with Gasteiger partial charge in [0, 0.05) is 50.4 Å². The van der Waals surface area contributed by atoms with Crippen LogP contribution < -0.4 is 5.56 Å². The molecule has 1 unspecified atom stereocenters. The van der Waals surface area contributed by atoms with Crippen LogP contribution >= 0.6 is 22.9 Å². The Kier molecular flexibility index (Phi) is 4.46. The Hall–Kier alpha value is -1.44. The molecule has 6 nitrogen and oxygen atoms in total. The molecule has 2 aromatic heterocycles. The molecule has 1 atom stereocenters. The number of carbonyl (C=O) groups is 1. The van der Waals surface area contributed by atoms with Gasteiger partial charge in [0.15, 0.2) is 4.96 Å². The van der Waals surface area contributed by atoms with E-state index in [0.717, 1.165) is 18.8 Å². The molecule has 1 amide bonds. The summed E-state index contributed by atoms with van der Waals surface area (Å²) in [5, 5.41) is 1.38. The van der Waals surface area contributed by atoms with E-state index in [4.69, 9.17) is 11.6 Å². The van der Waals surface area contributed by atoms with Gasteiger partial charge in [0.05, 0.1) is 5.69 Å². The maximum absolute atomic E-state index is 12.0. The Balaban J connectivity index is 1.64. The summed E-state index contributed by atoms with van der Waals surface area (Å²) in [4.78, 5) is 33.0. The van der Waals surface area contributed by atoms with Crippen LogP contribution in [0.15, 0.2) is 22.4 Å². The molecular weight excluding hydrogens is 324 g/mol. The van der Waals surface area contributed by atoms with Gasteiger partial charge in [-0.2, -0.15) is 0 Å². The van der Waals surface area contributed by atoms with Crippen LogP contribution in [0.4, 0.5) is 0 Å². The van der Waals surface area contributed by atoms with E-state index < -0.39 is 5.38 Å². The molecule has 0 bridgehead atoms. The van der Waals surface area contributed by atoms with E-state index in [2.05, 4.69) is 9.88 Å². The third-order valence-corrected chi connectivity index (χ3v) is 4.71. The van der Waals surface area contributed by atoms with Crippen LogP contribution in [0.5, 0.6) is 0 Å². The SMILES string of the molecule is CC(Cl)C(=O)N1CCN(Cc2cc(=O)n3ccsc3n2)CC1. The summed E-state index contributed by atoms with van der Waals surface area (Å²) < 4.78 is 1.55. The lowest BCUT2D eigenvalue weighted by Crippen LogP contribution is -2.50. The number of hydrogen-bond acceptors (Lipinski definition) is 5. The highest BCUT2D eigenvalue weighted by molar-refractivity contribution is 7.15. The normalized spacial score (nSPS) is 17.8. The first kappa shape index (κ1) is 15.5. The van der Waals surface area contributed by atoms with E-state index in [1.165, 1.54) is 11.3 Å². The molecule has 0 spiro atoms. The molecule has 2 aromatic rings. The highest BCUT2D eigenvalue weighted by Crippen LogP contribution is 2.11. The molecular formula is C14H17ClN4O2S. The van der Waals surface area contributed by atoms with Crippen LogP contribution in [-0.4, -0.2) is 56.6 Å². The molecule has 0 aromatic carbocycles. The quantitative estimate of drug-likeness (QED) is 0.783.